The molecule has 0 aliphatic carbocycles. The molecule has 9 nitrogen and oxygen atoms in total. The van der Waals surface area contributed by atoms with E-state index in [-0.39, 0.29) is 22.9 Å². The minimum Gasteiger partial charge on any atom is -0.381 e. The lowest BCUT2D eigenvalue weighted by atomic mass is 10.0. The lowest BCUT2D eigenvalue weighted by Gasteiger charge is -2.44. The number of carbonyl (C=O) groups is 1. The van der Waals surface area contributed by atoms with Gasteiger partial charge in [-0.05, 0) is 62.9 Å². The van der Waals surface area contributed by atoms with Crippen LogP contribution in [-0.2, 0) is 19.6 Å². The number of hydrogen-bond acceptors (Lipinski definition) is 7. The van der Waals surface area contributed by atoms with Crippen LogP contribution in [0.5, 0.6) is 0 Å². The third kappa shape index (κ3) is 4.14. The molecule has 2 fully saturated rings. The number of amides is 1. The van der Waals surface area contributed by atoms with Crippen LogP contribution in [0.2, 0.25) is 0 Å². The van der Waals surface area contributed by atoms with Crippen molar-refractivity contribution in [2.24, 2.45) is 0 Å². The van der Waals surface area contributed by atoms with Crippen LogP contribution in [0.1, 0.15) is 32.6 Å². The highest BCUT2D eigenvalue weighted by atomic mass is 32.2. The zero-order valence-corrected chi connectivity index (χ0v) is 20.4. The van der Waals surface area contributed by atoms with Crippen molar-refractivity contribution in [2.45, 2.75) is 49.6 Å². The highest BCUT2D eigenvalue weighted by Gasteiger charge is 2.39. The average Bonchev–Trinajstić information content (AvgIpc) is 3.40. The first kappa shape index (κ1) is 23.1. The zero-order valence-electron chi connectivity index (χ0n) is 19.6. The summed E-state index contributed by atoms with van der Waals surface area (Å²) in [6, 6.07) is 10.4. The quantitative estimate of drug-likeness (QED) is 0.696. The topological polar surface area (TPSA) is 95.1 Å². The van der Waals surface area contributed by atoms with E-state index in [9.17, 15) is 13.2 Å². The molecule has 5 rings (SSSR count). The molecule has 3 aliphatic rings. The van der Waals surface area contributed by atoms with E-state index in [1.54, 1.807) is 34.5 Å². The molecular formula is C24H31N5O4S. The number of carbonyl (C=O) groups excluding carboxylic acids is 1. The van der Waals surface area contributed by atoms with Gasteiger partial charge in [0.1, 0.15) is 11.9 Å². The van der Waals surface area contributed by atoms with Crippen molar-refractivity contribution >= 4 is 38.9 Å². The molecule has 1 unspecified atom stereocenters. The van der Waals surface area contributed by atoms with Gasteiger partial charge in [-0.2, -0.15) is 4.31 Å². The number of pyridine rings is 1. The number of hydrogen-bond donors (Lipinski definition) is 1. The van der Waals surface area contributed by atoms with Crippen molar-refractivity contribution in [2.75, 3.05) is 48.5 Å². The average molecular weight is 486 g/mol. The first-order chi connectivity index (χ1) is 16.4. The summed E-state index contributed by atoms with van der Waals surface area (Å²) in [5.41, 5.74) is 1.42. The Bertz CT molecular complexity index is 1180. The second kappa shape index (κ2) is 9.16. The molecule has 1 N–H and O–H groups in total. The van der Waals surface area contributed by atoms with Crippen LogP contribution in [0.4, 0.5) is 23.0 Å². The number of nitrogens with one attached hydrogen (secondary N) is 1. The fraction of sp³-hybridized carbons (Fsp3) is 0.500. The number of benzene rings is 1. The van der Waals surface area contributed by atoms with E-state index in [1.807, 2.05) is 25.1 Å². The Balaban J connectivity index is 1.45. The van der Waals surface area contributed by atoms with E-state index in [0.717, 1.165) is 37.2 Å². The maximum Gasteiger partial charge on any atom is 0.249 e. The van der Waals surface area contributed by atoms with E-state index >= 15 is 0 Å². The summed E-state index contributed by atoms with van der Waals surface area (Å²) in [6.45, 7) is 4.40. The van der Waals surface area contributed by atoms with E-state index in [0.29, 0.717) is 37.8 Å². The van der Waals surface area contributed by atoms with Gasteiger partial charge in [-0.15, -0.1) is 0 Å². The number of likely N-dealkylation sites (N-methyl/N-ethyl adjacent to an activating group) is 1. The van der Waals surface area contributed by atoms with Crippen molar-refractivity contribution in [3.8, 4) is 0 Å². The number of aromatic nitrogens is 1. The van der Waals surface area contributed by atoms with Gasteiger partial charge in [0.2, 0.25) is 15.9 Å². The molecule has 0 radical (unpaired) electrons. The highest BCUT2D eigenvalue weighted by molar-refractivity contribution is 7.89. The van der Waals surface area contributed by atoms with E-state index in [4.69, 9.17) is 9.72 Å². The molecule has 1 atom stereocenters. The summed E-state index contributed by atoms with van der Waals surface area (Å²) in [5, 5.41) is 3.27. The van der Waals surface area contributed by atoms with Gasteiger partial charge in [0.15, 0.2) is 5.82 Å². The number of sulfonamides is 1. The molecule has 10 heteroatoms. The predicted molar refractivity (Wildman–Crippen MR) is 131 cm³/mol. The molecule has 0 spiro atoms. The molecule has 0 saturated carbocycles. The Morgan fingerprint density at radius 1 is 1.09 bits per heavy atom. The SMILES string of the molecule is CC1C(=O)N(C)c2ccc(Nc3cccc(S(=O)(=O)N4CCCC4)c3)nc2N1C1CCOCC1. The molecular weight excluding hydrogens is 454 g/mol. The largest absolute Gasteiger partial charge is 0.381 e. The standard InChI is InChI=1S/C24H31N5O4S/c1-17-24(30)27(2)21-8-9-22(26-23(21)29(17)19-10-14-33-15-11-19)25-18-6-5-7-20(16-18)34(31,32)28-12-3-4-13-28/h5-9,16-17,19H,3-4,10-15H2,1-2H3,(H,25,26). The number of rotatable bonds is 5. The zero-order chi connectivity index (χ0) is 23.9. The minimum absolute atomic E-state index is 0.0429. The lowest BCUT2D eigenvalue weighted by molar-refractivity contribution is -0.119. The number of ether oxygens (including phenoxy) is 1. The number of nitrogens with zero attached hydrogens (tertiary/aromatic N) is 4. The highest BCUT2D eigenvalue weighted by Crippen LogP contribution is 2.38. The summed E-state index contributed by atoms with van der Waals surface area (Å²) < 4.78 is 33.0. The third-order valence-electron chi connectivity index (χ3n) is 6.96. The third-order valence-corrected chi connectivity index (χ3v) is 8.85. The number of fused-ring (bicyclic) bond motifs is 1. The maximum atomic E-state index is 13.0. The molecule has 1 aromatic carbocycles. The Morgan fingerprint density at radius 2 is 1.82 bits per heavy atom. The molecule has 1 amide bonds. The van der Waals surface area contributed by atoms with Gasteiger partial charge >= 0.3 is 0 Å². The summed E-state index contributed by atoms with van der Waals surface area (Å²) in [6.07, 6.45) is 3.48. The van der Waals surface area contributed by atoms with E-state index in [1.165, 1.54) is 0 Å². The Labute approximate surface area is 200 Å². The van der Waals surface area contributed by atoms with Crippen LogP contribution in [-0.4, -0.2) is 69.0 Å². The van der Waals surface area contributed by atoms with Crippen molar-refractivity contribution in [1.29, 1.82) is 0 Å². The Hall–Kier alpha value is -2.69. The second-order valence-electron chi connectivity index (χ2n) is 9.13. The first-order valence-corrected chi connectivity index (χ1v) is 13.3. The molecule has 3 aliphatic heterocycles. The molecule has 182 valence electrons. The lowest BCUT2D eigenvalue weighted by Crippen LogP contribution is -2.56. The van der Waals surface area contributed by atoms with Crippen LogP contribution in [0.25, 0.3) is 0 Å². The molecule has 34 heavy (non-hydrogen) atoms. The van der Waals surface area contributed by atoms with Gasteiger partial charge < -0.3 is 19.9 Å². The van der Waals surface area contributed by atoms with Crippen LogP contribution in [0, 0.1) is 0 Å². The van der Waals surface area contributed by atoms with Crippen LogP contribution >= 0.6 is 0 Å². The van der Waals surface area contributed by atoms with Gasteiger partial charge in [0, 0.05) is 45.1 Å². The Kier molecular flexibility index (Phi) is 6.22. The van der Waals surface area contributed by atoms with Gasteiger partial charge in [-0.25, -0.2) is 13.4 Å². The minimum atomic E-state index is -3.50. The summed E-state index contributed by atoms with van der Waals surface area (Å²) in [5.74, 6) is 1.40. The first-order valence-electron chi connectivity index (χ1n) is 11.9. The second-order valence-corrected chi connectivity index (χ2v) is 11.1. The van der Waals surface area contributed by atoms with Crippen LogP contribution in [0.3, 0.4) is 0 Å². The van der Waals surface area contributed by atoms with Crippen molar-refractivity contribution < 1.29 is 17.9 Å². The van der Waals surface area contributed by atoms with Gasteiger partial charge in [0.05, 0.1) is 10.6 Å². The van der Waals surface area contributed by atoms with Gasteiger partial charge in [0.25, 0.3) is 0 Å². The van der Waals surface area contributed by atoms with E-state index in [2.05, 4.69) is 10.2 Å². The molecule has 2 saturated heterocycles. The van der Waals surface area contributed by atoms with Crippen molar-refractivity contribution in [3.63, 3.8) is 0 Å². The molecule has 2 aromatic rings. The van der Waals surface area contributed by atoms with Gasteiger partial charge in [-0.3, -0.25) is 4.79 Å². The Morgan fingerprint density at radius 3 is 2.56 bits per heavy atom. The maximum absolute atomic E-state index is 13.0. The number of anilines is 4. The van der Waals surface area contributed by atoms with Crippen molar-refractivity contribution in [1.82, 2.24) is 9.29 Å². The monoisotopic (exact) mass is 485 g/mol. The predicted octanol–water partition coefficient (Wildman–Crippen LogP) is 2.96. The summed E-state index contributed by atoms with van der Waals surface area (Å²) >= 11 is 0. The van der Waals surface area contributed by atoms with Crippen molar-refractivity contribution in [3.05, 3.63) is 36.4 Å². The molecule has 1 aromatic heterocycles. The summed E-state index contributed by atoms with van der Waals surface area (Å²) in [4.78, 5) is 21.9. The molecule has 4 heterocycles. The summed E-state index contributed by atoms with van der Waals surface area (Å²) in [7, 11) is -1.72. The van der Waals surface area contributed by atoms with Crippen LogP contribution in [0.15, 0.2) is 41.3 Å². The van der Waals surface area contributed by atoms with Crippen LogP contribution < -0.4 is 15.1 Å². The fourth-order valence-corrected chi connectivity index (χ4v) is 6.64. The van der Waals surface area contributed by atoms with E-state index < -0.39 is 10.0 Å². The fourth-order valence-electron chi connectivity index (χ4n) is 5.08. The molecule has 0 bridgehead atoms. The smallest absolute Gasteiger partial charge is 0.249 e. The normalized spacial score (nSPS) is 22.2. The van der Waals surface area contributed by atoms with Gasteiger partial charge in [-0.1, -0.05) is 6.07 Å².